The number of methoxy groups -OCH3 is 1. The molecule has 0 unspecified atom stereocenters. The SMILES string of the molecule is COC(=O)/C=C1/S/C(=N\N=Cc2ccc(-c3cc(C(F)(F)F)cnc3N(C)C)cc2)NC1=O. The molecule has 172 valence electrons. The molecule has 12 heteroatoms. The fourth-order valence-electron chi connectivity index (χ4n) is 2.72. The topological polar surface area (TPSA) is 96.2 Å². The Kier molecular flexibility index (Phi) is 7.16. The van der Waals surface area contributed by atoms with Crippen molar-refractivity contribution in [3.63, 3.8) is 0 Å². The van der Waals surface area contributed by atoms with Crippen LogP contribution >= 0.6 is 11.8 Å². The van der Waals surface area contributed by atoms with E-state index in [9.17, 15) is 22.8 Å². The number of rotatable bonds is 5. The number of pyridine rings is 1. The Balaban J connectivity index is 1.78. The van der Waals surface area contributed by atoms with Gasteiger partial charge in [0.05, 0.1) is 23.8 Å². The highest BCUT2D eigenvalue weighted by atomic mass is 32.2. The fourth-order valence-corrected chi connectivity index (χ4v) is 3.46. The lowest BCUT2D eigenvalue weighted by Gasteiger charge is -2.18. The Bertz CT molecular complexity index is 1160. The van der Waals surface area contributed by atoms with E-state index < -0.39 is 23.6 Å². The van der Waals surface area contributed by atoms with Gasteiger partial charge in [-0.15, -0.1) is 5.10 Å². The van der Waals surface area contributed by atoms with E-state index in [1.807, 2.05) is 0 Å². The molecule has 0 radical (unpaired) electrons. The number of amides is 1. The first kappa shape index (κ1) is 24.0. The molecule has 0 spiro atoms. The third-order valence-electron chi connectivity index (χ3n) is 4.30. The molecule has 1 aromatic carbocycles. The van der Waals surface area contributed by atoms with Gasteiger partial charge in [0.2, 0.25) is 0 Å². The number of nitrogens with zero attached hydrogens (tertiary/aromatic N) is 4. The predicted octanol–water partition coefficient (Wildman–Crippen LogP) is 3.44. The number of carbonyl (C=O) groups is 2. The van der Waals surface area contributed by atoms with Crippen LogP contribution in [0, 0.1) is 0 Å². The lowest BCUT2D eigenvalue weighted by Crippen LogP contribution is -2.19. The number of anilines is 1. The zero-order chi connectivity index (χ0) is 24.2. The van der Waals surface area contributed by atoms with E-state index in [1.165, 1.54) is 13.3 Å². The standard InChI is InChI=1S/C21H18F3N5O3S/c1-29(2)18-15(8-14(11-25-18)21(22,23)24)13-6-4-12(5-7-13)10-26-28-20-27-19(31)16(33-20)9-17(30)32-3/h4-11H,1-3H3,(H,27,28,31)/b16-9+,26-10?. The summed E-state index contributed by atoms with van der Waals surface area (Å²) < 4.78 is 43.9. The van der Waals surface area contributed by atoms with Crippen LogP contribution in [0.1, 0.15) is 11.1 Å². The van der Waals surface area contributed by atoms with Gasteiger partial charge in [0, 0.05) is 31.9 Å². The van der Waals surface area contributed by atoms with Gasteiger partial charge in [0.25, 0.3) is 5.91 Å². The minimum Gasteiger partial charge on any atom is -0.466 e. The van der Waals surface area contributed by atoms with E-state index in [0.717, 1.165) is 30.1 Å². The first-order valence-electron chi connectivity index (χ1n) is 9.33. The summed E-state index contributed by atoms with van der Waals surface area (Å²) in [5.41, 5.74) is 0.695. The quantitative estimate of drug-likeness (QED) is 0.307. The van der Waals surface area contributed by atoms with Gasteiger partial charge in [-0.1, -0.05) is 24.3 Å². The van der Waals surface area contributed by atoms with Gasteiger partial charge >= 0.3 is 12.1 Å². The maximum Gasteiger partial charge on any atom is 0.417 e. The molecular formula is C21H18F3N5O3S. The van der Waals surface area contributed by atoms with Crippen LogP contribution in [-0.2, 0) is 20.5 Å². The van der Waals surface area contributed by atoms with Crippen molar-refractivity contribution in [2.45, 2.75) is 6.18 Å². The number of hydrogen-bond acceptors (Lipinski definition) is 8. The maximum atomic E-state index is 13.1. The normalized spacial score (nSPS) is 16.5. The summed E-state index contributed by atoms with van der Waals surface area (Å²) >= 11 is 0.937. The third kappa shape index (κ3) is 5.98. The minimum atomic E-state index is -4.50. The van der Waals surface area contributed by atoms with Gasteiger partial charge in [-0.3, -0.25) is 10.1 Å². The summed E-state index contributed by atoms with van der Waals surface area (Å²) in [5.74, 6) is -0.749. The molecule has 8 nitrogen and oxygen atoms in total. The molecule has 1 saturated heterocycles. The Morgan fingerprint density at radius 2 is 1.94 bits per heavy atom. The average Bonchev–Trinajstić information content (AvgIpc) is 3.11. The van der Waals surface area contributed by atoms with E-state index in [4.69, 9.17) is 0 Å². The Morgan fingerprint density at radius 1 is 1.24 bits per heavy atom. The van der Waals surface area contributed by atoms with Crippen LogP contribution in [0.3, 0.4) is 0 Å². The summed E-state index contributed by atoms with van der Waals surface area (Å²) in [4.78, 5) is 28.8. The van der Waals surface area contributed by atoms with Gasteiger partial charge in [-0.05, 0) is 29.0 Å². The number of carbonyl (C=O) groups excluding carboxylic acids is 2. The zero-order valence-electron chi connectivity index (χ0n) is 17.7. The van der Waals surface area contributed by atoms with Gasteiger partial charge in [-0.2, -0.15) is 18.3 Å². The summed E-state index contributed by atoms with van der Waals surface area (Å²) in [5, 5.41) is 10.4. The number of alkyl halides is 3. The Labute approximate surface area is 191 Å². The number of halogens is 3. The highest BCUT2D eigenvalue weighted by molar-refractivity contribution is 8.18. The van der Waals surface area contributed by atoms with E-state index in [-0.39, 0.29) is 10.1 Å². The number of thioether (sulfide) groups is 1. The number of aromatic nitrogens is 1. The first-order valence-corrected chi connectivity index (χ1v) is 10.1. The molecule has 3 rings (SSSR count). The Morgan fingerprint density at radius 3 is 2.55 bits per heavy atom. The molecule has 1 aromatic heterocycles. The molecular weight excluding hydrogens is 459 g/mol. The minimum absolute atomic E-state index is 0.131. The Hall–Kier alpha value is -3.67. The van der Waals surface area contributed by atoms with Crippen molar-refractivity contribution in [2.24, 2.45) is 10.2 Å². The predicted molar refractivity (Wildman–Crippen MR) is 120 cm³/mol. The van der Waals surface area contributed by atoms with Crippen LogP contribution in [0.4, 0.5) is 19.0 Å². The van der Waals surface area contributed by atoms with Crippen LogP contribution in [-0.4, -0.2) is 49.4 Å². The number of hydrogen-bond donors (Lipinski definition) is 1. The fraction of sp³-hybridized carbons (Fsp3) is 0.190. The number of ether oxygens (including phenoxy) is 1. The molecule has 1 fully saturated rings. The van der Waals surface area contributed by atoms with Gasteiger partial charge < -0.3 is 9.64 Å². The summed E-state index contributed by atoms with van der Waals surface area (Å²) in [6.07, 6.45) is -1.22. The maximum absolute atomic E-state index is 13.1. The van der Waals surface area contributed by atoms with E-state index in [1.54, 1.807) is 43.3 Å². The van der Waals surface area contributed by atoms with Crippen molar-refractivity contribution in [3.8, 4) is 11.1 Å². The second-order valence-electron chi connectivity index (χ2n) is 6.85. The second-order valence-corrected chi connectivity index (χ2v) is 7.88. The number of benzene rings is 1. The molecule has 1 N–H and O–H groups in total. The lowest BCUT2D eigenvalue weighted by molar-refractivity contribution is -0.138. The van der Waals surface area contributed by atoms with Crippen molar-refractivity contribution < 1.29 is 27.5 Å². The van der Waals surface area contributed by atoms with Gasteiger partial charge in [-0.25, -0.2) is 9.78 Å². The summed E-state index contributed by atoms with van der Waals surface area (Å²) in [6, 6.07) is 7.71. The van der Waals surface area contributed by atoms with Crippen molar-refractivity contribution in [2.75, 3.05) is 26.1 Å². The molecule has 33 heavy (non-hydrogen) atoms. The molecule has 0 bridgehead atoms. The second kappa shape index (κ2) is 9.86. The molecule has 1 amide bonds. The number of amidine groups is 1. The van der Waals surface area contributed by atoms with Crippen molar-refractivity contribution in [3.05, 3.63) is 58.6 Å². The number of esters is 1. The van der Waals surface area contributed by atoms with Crippen LogP contribution in [0.5, 0.6) is 0 Å². The monoisotopic (exact) mass is 477 g/mol. The molecule has 0 saturated carbocycles. The van der Waals surface area contributed by atoms with Crippen LogP contribution in [0.2, 0.25) is 0 Å². The van der Waals surface area contributed by atoms with Crippen LogP contribution < -0.4 is 10.2 Å². The third-order valence-corrected chi connectivity index (χ3v) is 5.20. The highest BCUT2D eigenvalue weighted by Crippen LogP contribution is 2.35. The highest BCUT2D eigenvalue weighted by Gasteiger charge is 2.32. The average molecular weight is 477 g/mol. The first-order chi connectivity index (χ1) is 15.6. The van der Waals surface area contributed by atoms with Crippen molar-refractivity contribution in [1.29, 1.82) is 0 Å². The number of nitrogens with one attached hydrogen (secondary N) is 1. The zero-order valence-corrected chi connectivity index (χ0v) is 18.5. The van der Waals surface area contributed by atoms with Crippen molar-refractivity contribution >= 4 is 40.8 Å². The van der Waals surface area contributed by atoms with Crippen LogP contribution in [0.25, 0.3) is 11.1 Å². The lowest BCUT2D eigenvalue weighted by atomic mass is 10.0. The summed E-state index contributed by atoms with van der Waals surface area (Å²) in [7, 11) is 4.60. The summed E-state index contributed by atoms with van der Waals surface area (Å²) in [6.45, 7) is 0. The smallest absolute Gasteiger partial charge is 0.417 e. The van der Waals surface area contributed by atoms with E-state index in [2.05, 4.69) is 25.2 Å². The molecule has 0 atom stereocenters. The molecule has 1 aliphatic heterocycles. The van der Waals surface area contributed by atoms with Crippen molar-refractivity contribution in [1.82, 2.24) is 10.3 Å². The molecule has 2 aromatic rings. The molecule has 0 aliphatic carbocycles. The van der Waals surface area contributed by atoms with Gasteiger partial charge in [0.1, 0.15) is 5.82 Å². The van der Waals surface area contributed by atoms with Gasteiger partial charge in [0.15, 0.2) is 5.17 Å². The van der Waals surface area contributed by atoms with E-state index in [0.29, 0.717) is 22.5 Å². The van der Waals surface area contributed by atoms with Crippen LogP contribution in [0.15, 0.2) is 57.7 Å². The van der Waals surface area contributed by atoms with E-state index >= 15 is 0 Å². The molecule has 1 aliphatic rings. The molecule has 2 heterocycles. The largest absolute Gasteiger partial charge is 0.466 e.